The van der Waals surface area contributed by atoms with E-state index < -0.39 is 11.9 Å². The van der Waals surface area contributed by atoms with E-state index in [1.54, 1.807) is 4.90 Å². The Balaban J connectivity index is 1.98. The lowest BCUT2D eigenvalue weighted by atomic mass is 9.98. The molecule has 0 aromatic carbocycles. The van der Waals surface area contributed by atoms with Gasteiger partial charge in [-0.15, -0.1) is 0 Å². The highest BCUT2D eigenvalue weighted by Crippen LogP contribution is 2.20. The van der Waals surface area contributed by atoms with Gasteiger partial charge in [-0.25, -0.2) is 4.79 Å². The van der Waals surface area contributed by atoms with Crippen LogP contribution in [-0.4, -0.2) is 65.7 Å². The fraction of sp³-hybridized carbons (Fsp3) is 0.857. The van der Waals surface area contributed by atoms with Crippen molar-refractivity contribution >= 4 is 12.0 Å². The molecule has 1 unspecified atom stereocenters. The van der Waals surface area contributed by atoms with Crippen LogP contribution >= 0.6 is 0 Å². The van der Waals surface area contributed by atoms with Crippen molar-refractivity contribution in [1.82, 2.24) is 15.1 Å². The molecule has 0 spiro atoms. The molecule has 2 fully saturated rings. The quantitative estimate of drug-likeness (QED) is 0.810. The molecule has 0 radical (unpaired) electrons. The first-order chi connectivity index (χ1) is 9.63. The first-order valence-corrected chi connectivity index (χ1v) is 7.62. The summed E-state index contributed by atoms with van der Waals surface area (Å²) in [7, 11) is 0. The Bertz CT molecular complexity index is 356. The zero-order valence-electron chi connectivity index (χ0n) is 12.2. The highest BCUT2D eigenvalue weighted by Gasteiger charge is 2.32. The molecule has 6 heteroatoms. The topological polar surface area (TPSA) is 72.9 Å². The van der Waals surface area contributed by atoms with Crippen molar-refractivity contribution in [3.05, 3.63) is 0 Å². The molecule has 0 saturated carbocycles. The summed E-state index contributed by atoms with van der Waals surface area (Å²) in [4.78, 5) is 27.4. The van der Waals surface area contributed by atoms with Gasteiger partial charge in [-0.3, -0.25) is 4.79 Å². The summed E-state index contributed by atoms with van der Waals surface area (Å²) >= 11 is 0. The molecule has 2 aliphatic heterocycles. The largest absolute Gasteiger partial charge is 0.481 e. The van der Waals surface area contributed by atoms with Crippen molar-refractivity contribution in [2.45, 2.75) is 38.6 Å². The van der Waals surface area contributed by atoms with Crippen LogP contribution in [0.1, 0.15) is 32.6 Å². The molecule has 2 amide bonds. The number of carboxylic acid groups (broad SMARTS) is 1. The molecule has 2 rings (SSSR count). The lowest BCUT2D eigenvalue weighted by Crippen LogP contribution is -2.53. The molecule has 0 aliphatic carbocycles. The Morgan fingerprint density at radius 1 is 1.30 bits per heavy atom. The van der Waals surface area contributed by atoms with E-state index in [1.807, 2.05) is 11.8 Å². The third kappa shape index (κ3) is 3.42. The van der Waals surface area contributed by atoms with Crippen molar-refractivity contribution < 1.29 is 14.7 Å². The molecule has 2 aliphatic rings. The molecular weight excluding hydrogens is 258 g/mol. The Kier molecular flexibility index (Phi) is 5.23. The van der Waals surface area contributed by atoms with E-state index in [0.29, 0.717) is 32.1 Å². The Labute approximate surface area is 120 Å². The number of likely N-dealkylation sites (tertiary alicyclic amines) is 1. The molecule has 0 aromatic rings. The normalized spacial score (nSPS) is 24.4. The number of nitrogens with one attached hydrogen (secondary N) is 1. The van der Waals surface area contributed by atoms with Crippen LogP contribution in [0.4, 0.5) is 4.79 Å². The fourth-order valence-corrected chi connectivity index (χ4v) is 3.20. The number of nitrogens with zero attached hydrogens (tertiary/aromatic N) is 2. The number of carbonyl (C=O) groups excluding carboxylic acids is 1. The van der Waals surface area contributed by atoms with Gasteiger partial charge in [0.2, 0.25) is 0 Å². The van der Waals surface area contributed by atoms with E-state index >= 15 is 0 Å². The number of carboxylic acids is 1. The van der Waals surface area contributed by atoms with Gasteiger partial charge in [-0.2, -0.15) is 0 Å². The minimum Gasteiger partial charge on any atom is -0.481 e. The maximum atomic E-state index is 12.6. The van der Waals surface area contributed by atoms with Crippen LogP contribution in [0.5, 0.6) is 0 Å². The molecule has 1 atom stereocenters. The summed E-state index contributed by atoms with van der Waals surface area (Å²) < 4.78 is 0. The van der Waals surface area contributed by atoms with Gasteiger partial charge >= 0.3 is 12.0 Å². The maximum Gasteiger partial charge on any atom is 0.320 e. The number of rotatable bonds is 3. The number of piperidine rings is 2. The summed E-state index contributed by atoms with van der Waals surface area (Å²) in [6, 6.07) is 0.310. The SMILES string of the molecule is CCN(C(=O)N1CCCC(C(=O)O)C1)C1CCNCC1. The van der Waals surface area contributed by atoms with Gasteiger partial charge in [-0.05, 0) is 45.7 Å². The van der Waals surface area contributed by atoms with Crippen molar-refractivity contribution in [3.63, 3.8) is 0 Å². The third-order valence-corrected chi connectivity index (χ3v) is 4.38. The maximum absolute atomic E-state index is 12.6. The van der Waals surface area contributed by atoms with Gasteiger partial charge in [0.1, 0.15) is 0 Å². The van der Waals surface area contributed by atoms with Crippen molar-refractivity contribution in [1.29, 1.82) is 0 Å². The summed E-state index contributed by atoms with van der Waals surface area (Å²) in [6.45, 7) is 5.63. The van der Waals surface area contributed by atoms with Crippen molar-refractivity contribution in [3.8, 4) is 0 Å². The lowest BCUT2D eigenvalue weighted by molar-refractivity contribution is -0.143. The minimum absolute atomic E-state index is 0.0188. The van der Waals surface area contributed by atoms with Crippen LogP contribution in [0.25, 0.3) is 0 Å². The van der Waals surface area contributed by atoms with Crippen molar-refractivity contribution in [2.75, 3.05) is 32.7 Å². The van der Waals surface area contributed by atoms with Gasteiger partial charge < -0.3 is 20.2 Å². The van der Waals surface area contributed by atoms with E-state index in [4.69, 9.17) is 5.11 Å². The fourth-order valence-electron chi connectivity index (χ4n) is 3.20. The van der Waals surface area contributed by atoms with Gasteiger partial charge in [0.05, 0.1) is 5.92 Å². The second kappa shape index (κ2) is 6.92. The number of amides is 2. The number of carbonyl (C=O) groups is 2. The highest BCUT2D eigenvalue weighted by molar-refractivity contribution is 5.77. The highest BCUT2D eigenvalue weighted by atomic mass is 16.4. The summed E-state index contributed by atoms with van der Waals surface area (Å²) in [5, 5.41) is 12.4. The smallest absolute Gasteiger partial charge is 0.320 e. The molecule has 2 saturated heterocycles. The second-order valence-corrected chi connectivity index (χ2v) is 5.67. The van der Waals surface area contributed by atoms with E-state index in [0.717, 1.165) is 32.4 Å². The number of hydrogen-bond donors (Lipinski definition) is 2. The number of aliphatic carboxylic acids is 1. The Morgan fingerprint density at radius 2 is 2.00 bits per heavy atom. The zero-order valence-corrected chi connectivity index (χ0v) is 12.2. The number of hydrogen-bond acceptors (Lipinski definition) is 3. The first kappa shape index (κ1) is 15.1. The molecule has 114 valence electrons. The second-order valence-electron chi connectivity index (χ2n) is 5.67. The van der Waals surface area contributed by atoms with Crippen LogP contribution in [0.15, 0.2) is 0 Å². The van der Waals surface area contributed by atoms with E-state index in [2.05, 4.69) is 5.32 Å². The molecule has 2 N–H and O–H groups in total. The van der Waals surface area contributed by atoms with Crippen LogP contribution in [0.2, 0.25) is 0 Å². The first-order valence-electron chi connectivity index (χ1n) is 7.62. The molecular formula is C14H25N3O3. The predicted octanol–water partition coefficient (Wildman–Crippen LogP) is 0.977. The zero-order chi connectivity index (χ0) is 14.5. The van der Waals surface area contributed by atoms with Crippen LogP contribution in [0, 0.1) is 5.92 Å². The van der Waals surface area contributed by atoms with Gasteiger partial charge in [0, 0.05) is 25.7 Å². The van der Waals surface area contributed by atoms with Gasteiger partial charge in [-0.1, -0.05) is 0 Å². The van der Waals surface area contributed by atoms with Crippen molar-refractivity contribution in [2.24, 2.45) is 5.92 Å². The van der Waals surface area contributed by atoms with Crippen LogP contribution < -0.4 is 5.32 Å². The monoisotopic (exact) mass is 283 g/mol. The van der Waals surface area contributed by atoms with Gasteiger partial charge in [0.15, 0.2) is 0 Å². The average Bonchev–Trinajstić information content (AvgIpc) is 2.49. The number of urea groups is 1. The molecule has 2 heterocycles. The summed E-state index contributed by atoms with van der Waals surface area (Å²) in [5.41, 5.74) is 0. The molecule has 6 nitrogen and oxygen atoms in total. The van der Waals surface area contributed by atoms with E-state index in [1.165, 1.54) is 0 Å². The van der Waals surface area contributed by atoms with Crippen LogP contribution in [0.3, 0.4) is 0 Å². The third-order valence-electron chi connectivity index (χ3n) is 4.38. The Hall–Kier alpha value is -1.30. The lowest BCUT2D eigenvalue weighted by Gasteiger charge is -2.39. The van der Waals surface area contributed by atoms with Crippen LogP contribution in [-0.2, 0) is 4.79 Å². The molecule has 0 bridgehead atoms. The van der Waals surface area contributed by atoms with E-state index in [9.17, 15) is 9.59 Å². The Morgan fingerprint density at radius 3 is 2.60 bits per heavy atom. The van der Waals surface area contributed by atoms with E-state index in [-0.39, 0.29) is 6.03 Å². The summed E-state index contributed by atoms with van der Waals surface area (Å²) in [5.74, 6) is -1.19. The minimum atomic E-state index is -0.785. The average molecular weight is 283 g/mol. The molecule has 20 heavy (non-hydrogen) atoms. The predicted molar refractivity (Wildman–Crippen MR) is 75.6 cm³/mol. The van der Waals surface area contributed by atoms with Gasteiger partial charge in [0.25, 0.3) is 0 Å². The summed E-state index contributed by atoms with van der Waals surface area (Å²) in [6.07, 6.45) is 3.43. The standard InChI is InChI=1S/C14H25N3O3/c1-2-17(12-5-7-15-8-6-12)14(20)16-9-3-4-11(10-16)13(18)19/h11-12,15H,2-10H2,1H3,(H,18,19). The molecule has 0 aromatic heterocycles.